The third kappa shape index (κ3) is 3.37. The van der Waals surface area contributed by atoms with Crippen LogP contribution in [0.5, 0.6) is 0 Å². The molecule has 7 nitrogen and oxygen atoms in total. The molecule has 0 atom stereocenters. The van der Waals surface area contributed by atoms with Gasteiger partial charge in [-0.2, -0.15) is 0 Å². The van der Waals surface area contributed by atoms with E-state index >= 15 is 0 Å². The van der Waals surface area contributed by atoms with E-state index in [9.17, 15) is 23.5 Å². The standard InChI is InChI=1S/C21H20F2N4O3/c1-25-4-6-26(7-5-25)19-10-18-13(9-16(19)23)20(28)14(21(29)30)11-27(18)17-3-2-12(24)8-15(17)22/h2-3,8-11H,4-7,24H2,1H3,(H,29,30). The molecule has 0 saturated carbocycles. The summed E-state index contributed by atoms with van der Waals surface area (Å²) in [7, 11) is 1.98. The minimum atomic E-state index is -1.48. The van der Waals surface area contributed by atoms with Gasteiger partial charge in [-0.25, -0.2) is 13.6 Å². The van der Waals surface area contributed by atoms with Gasteiger partial charge in [0.25, 0.3) is 0 Å². The van der Waals surface area contributed by atoms with Crippen molar-refractivity contribution < 1.29 is 18.7 Å². The number of aromatic carboxylic acids is 1. The largest absolute Gasteiger partial charge is 0.477 e. The van der Waals surface area contributed by atoms with E-state index in [1.165, 1.54) is 22.8 Å². The van der Waals surface area contributed by atoms with Gasteiger partial charge in [-0.15, -0.1) is 0 Å². The van der Waals surface area contributed by atoms with Crippen molar-refractivity contribution in [3.63, 3.8) is 0 Å². The van der Waals surface area contributed by atoms with E-state index in [1.807, 2.05) is 11.9 Å². The highest BCUT2D eigenvalue weighted by molar-refractivity contribution is 5.94. The van der Waals surface area contributed by atoms with Gasteiger partial charge in [0, 0.05) is 43.4 Å². The summed E-state index contributed by atoms with van der Waals surface area (Å²) in [6, 6.07) is 6.46. The molecule has 156 valence electrons. The number of benzene rings is 2. The van der Waals surface area contributed by atoms with E-state index in [0.29, 0.717) is 13.1 Å². The molecule has 9 heteroatoms. The van der Waals surface area contributed by atoms with Gasteiger partial charge in [0.1, 0.15) is 17.2 Å². The number of hydrogen-bond donors (Lipinski definition) is 2. The van der Waals surface area contributed by atoms with Crippen LogP contribution in [-0.4, -0.2) is 53.8 Å². The van der Waals surface area contributed by atoms with Crippen LogP contribution in [0, 0.1) is 11.6 Å². The number of carbonyl (C=O) groups is 1. The fourth-order valence-corrected chi connectivity index (χ4v) is 3.69. The number of pyridine rings is 1. The molecule has 1 aromatic heterocycles. The second-order valence-corrected chi connectivity index (χ2v) is 7.37. The lowest BCUT2D eigenvalue weighted by Crippen LogP contribution is -2.44. The first-order valence-corrected chi connectivity index (χ1v) is 9.37. The smallest absolute Gasteiger partial charge is 0.341 e. The third-order valence-electron chi connectivity index (χ3n) is 5.38. The van der Waals surface area contributed by atoms with Crippen LogP contribution in [0.1, 0.15) is 10.4 Å². The Labute approximate surface area is 170 Å². The molecule has 1 fully saturated rings. The average molecular weight is 414 g/mol. The zero-order valence-corrected chi connectivity index (χ0v) is 16.2. The second-order valence-electron chi connectivity index (χ2n) is 7.37. The van der Waals surface area contributed by atoms with Crippen molar-refractivity contribution in [1.29, 1.82) is 0 Å². The van der Waals surface area contributed by atoms with Crippen molar-refractivity contribution in [2.75, 3.05) is 43.9 Å². The average Bonchev–Trinajstić information content (AvgIpc) is 2.69. The lowest BCUT2D eigenvalue weighted by Gasteiger charge is -2.34. The Hall–Kier alpha value is -3.46. The molecule has 30 heavy (non-hydrogen) atoms. The number of nitrogens with two attached hydrogens (primary N) is 1. The molecule has 0 bridgehead atoms. The number of nitrogens with zero attached hydrogens (tertiary/aromatic N) is 3. The highest BCUT2D eigenvalue weighted by Crippen LogP contribution is 2.29. The fourth-order valence-electron chi connectivity index (χ4n) is 3.69. The van der Waals surface area contributed by atoms with Gasteiger partial charge in [0.05, 0.1) is 16.9 Å². The Morgan fingerprint density at radius 2 is 1.70 bits per heavy atom. The maximum absolute atomic E-state index is 14.9. The van der Waals surface area contributed by atoms with E-state index in [0.717, 1.165) is 31.4 Å². The van der Waals surface area contributed by atoms with Crippen molar-refractivity contribution in [3.05, 3.63) is 63.9 Å². The quantitative estimate of drug-likeness (QED) is 0.639. The summed E-state index contributed by atoms with van der Waals surface area (Å²) in [6.07, 6.45) is 1.06. The van der Waals surface area contributed by atoms with Crippen LogP contribution < -0.4 is 16.1 Å². The van der Waals surface area contributed by atoms with Crippen molar-refractivity contribution in [1.82, 2.24) is 9.47 Å². The van der Waals surface area contributed by atoms with Crippen LogP contribution in [-0.2, 0) is 0 Å². The number of fused-ring (bicyclic) bond motifs is 1. The predicted molar refractivity (Wildman–Crippen MR) is 111 cm³/mol. The lowest BCUT2D eigenvalue weighted by molar-refractivity contribution is 0.0695. The highest BCUT2D eigenvalue weighted by Gasteiger charge is 2.22. The van der Waals surface area contributed by atoms with Crippen LogP contribution in [0.4, 0.5) is 20.2 Å². The fraction of sp³-hybridized carbons (Fsp3) is 0.238. The third-order valence-corrected chi connectivity index (χ3v) is 5.38. The number of aromatic nitrogens is 1. The number of rotatable bonds is 3. The van der Waals surface area contributed by atoms with E-state index in [2.05, 4.69) is 4.90 Å². The first-order valence-electron chi connectivity index (χ1n) is 9.37. The van der Waals surface area contributed by atoms with Gasteiger partial charge in [-0.3, -0.25) is 4.79 Å². The topological polar surface area (TPSA) is 91.8 Å². The maximum Gasteiger partial charge on any atom is 0.341 e. The van der Waals surface area contributed by atoms with E-state index in [4.69, 9.17) is 5.73 Å². The molecular weight excluding hydrogens is 394 g/mol. The number of carboxylic acids is 1. The van der Waals surface area contributed by atoms with Crippen LogP contribution in [0.3, 0.4) is 0 Å². The SMILES string of the molecule is CN1CCN(c2cc3c(cc2F)c(=O)c(C(=O)O)cn3-c2ccc(N)cc2F)CC1. The van der Waals surface area contributed by atoms with Gasteiger partial charge in [-0.05, 0) is 37.4 Å². The molecule has 4 rings (SSSR count). The summed E-state index contributed by atoms with van der Waals surface area (Å²) in [5.74, 6) is -2.80. The lowest BCUT2D eigenvalue weighted by atomic mass is 10.1. The number of piperazine rings is 1. The number of hydrogen-bond acceptors (Lipinski definition) is 5. The number of halogens is 2. The van der Waals surface area contributed by atoms with Gasteiger partial charge in [0.2, 0.25) is 5.43 Å². The molecule has 2 aromatic carbocycles. The Balaban J connectivity index is 2.01. The Morgan fingerprint density at radius 3 is 2.33 bits per heavy atom. The van der Waals surface area contributed by atoms with Crippen LogP contribution >= 0.6 is 0 Å². The van der Waals surface area contributed by atoms with E-state index < -0.39 is 28.6 Å². The minimum Gasteiger partial charge on any atom is -0.477 e. The highest BCUT2D eigenvalue weighted by atomic mass is 19.1. The molecule has 1 saturated heterocycles. The van der Waals surface area contributed by atoms with Crippen molar-refractivity contribution in [2.24, 2.45) is 0 Å². The van der Waals surface area contributed by atoms with Crippen LogP contribution in [0.2, 0.25) is 0 Å². The molecule has 1 aliphatic rings. The molecule has 0 aliphatic carbocycles. The normalized spacial score (nSPS) is 15.0. The zero-order chi connectivity index (χ0) is 21.6. The second kappa shape index (κ2) is 7.42. The van der Waals surface area contributed by atoms with Crippen molar-refractivity contribution in [3.8, 4) is 5.69 Å². The van der Waals surface area contributed by atoms with Gasteiger partial charge in [-0.1, -0.05) is 0 Å². The summed E-state index contributed by atoms with van der Waals surface area (Å²) in [6.45, 7) is 2.67. The maximum atomic E-state index is 14.9. The molecule has 2 heterocycles. The van der Waals surface area contributed by atoms with Crippen molar-refractivity contribution in [2.45, 2.75) is 0 Å². The minimum absolute atomic E-state index is 0.00707. The van der Waals surface area contributed by atoms with E-state index in [1.54, 1.807) is 0 Å². The Bertz CT molecular complexity index is 1220. The monoisotopic (exact) mass is 414 g/mol. The van der Waals surface area contributed by atoms with Gasteiger partial charge >= 0.3 is 5.97 Å². The number of carboxylic acid groups (broad SMARTS) is 1. The number of likely N-dealkylation sites (N-methyl/N-ethyl adjacent to an activating group) is 1. The summed E-state index contributed by atoms with van der Waals surface area (Å²) in [4.78, 5) is 28.2. The van der Waals surface area contributed by atoms with Crippen LogP contribution in [0.25, 0.3) is 16.6 Å². The Morgan fingerprint density at radius 1 is 1.03 bits per heavy atom. The molecule has 0 amide bonds. The molecular formula is C21H20F2N4O3. The Kier molecular flexibility index (Phi) is 4.90. The summed E-state index contributed by atoms with van der Waals surface area (Å²) >= 11 is 0. The van der Waals surface area contributed by atoms with Gasteiger partial charge in [0.15, 0.2) is 0 Å². The zero-order valence-electron chi connectivity index (χ0n) is 16.2. The molecule has 3 N–H and O–H groups in total. The molecule has 3 aromatic rings. The number of anilines is 2. The molecule has 0 radical (unpaired) electrons. The number of nitrogen functional groups attached to an aromatic ring is 1. The van der Waals surface area contributed by atoms with Gasteiger partial charge < -0.3 is 25.2 Å². The summed E-state index contributed by atoms with van der Waals surface area (Å²) < 4.78 is 30.9. The molecule has 1 aliphatic heterocycles. The van der Waals surface area contributed by atoms with Crippen molar-refractivity contribution >= 4 is 28.2 Å². The summed E-state index contributed by atoms with van der Waals surface area (Å²) in [5.41, 5.74) is 4.91. The first kappa shape index (κ1) is 19.8. The predicted octanol–water partition coefficient (Wildman–Crippen LogP) is 2.30. The molecule has 0 spiro atoms. The summed E-state index contributed by atoms with van der Waals surface area (Å²) in [5, 5.41) is 9.29. The first-order chi connectivity index (χ1) is 14.3. The van der Waals surface area contributed by atoms with Crippen LogP contribution in [0.15, 0.2) is 41.3 Å². The van der Waals surface area contributed by atoms with E-state index in [-0.39, 0.29) is 28.0 Å². The molecule has 0 unspecified atom stereocenters.